The summed E-state index contributed by atoms with van der Waals surface area (Å²) < 4.78 is 0. The van der Waals surface area contributed by atoms with Crippen molar-refractivity contribution >= 4 is 0 Å². The molecule has 0 heterocycles. The maximum atomic E-state index is 9.38. The number of nitrogens with zero attached hydrogens (tertiary/aromatic N) is 1. The predicted octanol–water partition coefficient (Wildman–Crippen LogP) is 2.23. The van der Waals surface area contributed by atoms with Gasteiger partial charge in [0, 0.05) is 6.54 Å². The number of likely N-dealkylation sites (N-methyl/N-ethyl adjacent to an activating group) is 1. The van der Waals surface area contributed by atoms with Crippen molar-refractivity contribution in [3.8, 4) is 0 Å². The molecular weight excluding hydrogens is 186 g/mol. The molecule has 2 nitrogen and oxygen atoms in total. The highest BCUT2D eigenvalue weighted by molar-refractivity contribution is 5.18. The fourth-order valence-electron chi connectivity index (χ4n) is 1.63. The van der Waals surface area contributed by atoms with Gasteiger partial charge in [-0.1, -0.05) is 36.4 Å². The van der Waals surface area contributed by atoms with Crippen LogP contribution in [0.1, 0.15) is 18.0 Å². The van der Waals surface area contributed by atoms with Crippen molar-refractivity contribution < 1.29 is 5.11 Å². The third-order valence-electron chi connectivity index (χ3n) is 2.58. The Morgan fingerprint density at radius 3 is 2.60 bits per heavy atom. The molecule has 1 unspecified atom stereocenters. The topological polar surface area (TPSA) is 23.5 Å². The van der Waals surface area contributed by atoms with Crippen molar-refractivity contribution in [2.75, 3.05) is 20.2 Å². The molecule has 0 amide bonds. The number of aliphatic hydroxyl groups excluding tert-OH is 1. The average Bonchev–Trinajstić information content (AvgIpc) is 2.29. The Morgan fingerprint density at radius 2 is 2.07 bits per heavy atom. The van der Waals surface area contributed by atoms with Gasteiger partial charge in [-0.3, -0.25) is 4.90 Å². The summed E-state index contributed by atoms with van der Waals surface area (Å²) in [6.45, 7) is 4.77. The molecular formula is C13H19NO. The van der Waals surface area contributed by atoms with Crippen molar-refractivity contribution in [1.29, 1.82) is 0 Å². The van der Waals surface area contributed by atoms with E-state index in [0.717, 1.165) is 18.5 Å². The molecule has 0 spiro atoms. The molecule has 0 aliphatic carbocycles. The van der Waals surface area contributed by atoms with Gasteiger partial charge >= 0.3 is 0 Å². The van der Waals surface area contributed by atoms with Crippen LogP contribution in [0, 0.1) is 0 Å². The first-order chi connectivity index (χ1) is 7.29. The SMILES string of the molecule is C=CCCN(C)C(CO)c1ccccc1. The lowest BCUT2D eigenvalue weighted by molar-refractivity contribution is 0.150. The molecule has 1 rings (SSSR count). The Morgan fingerprint density at radius 1 is 1.40 bits per heavy atom. The molecule has 0 aromatic heterocycles. The van der Waals surface area contributed by atoms with Crippen molar-refractivity contribution in [3.05, 3.63) is 48.6 Å². The maximum Gasteiger partial charge on any atom is 0.0628 e. The number of hydrogen-bond donors (Lipinski definition) is 1. The smallest absolute Gasteiger partial charge is 0.0628 e. The second-order valence-electron chi connectivity index (χ2n) is 3.67. The van der Waals surface area contributed by atoms with Crippen molar-refractivity contribution in [1.82, 2.24) is 4.90 Å². The Hall–Kier alpha value is -1.12. The van der Waals surface area contributed by atoms with Gasteiger partial charge in [-0.25, -0.2) is 0 Å². The Bertz CT molecular complexity index is 284. The van der Waals surface area contributed by atoms with Gasteiger partial charge in [0.15, 0.2) is 0 Å². The standard InChI is InChI=1S/C13H19NO/c1-3-4-10-14(2)13(11-15)12-8-6-5-7-9-12/h3,5-9,13,15H,1,4,10-11H2,2H3. The van der Waals surface area contributed by atoms with Crippen LogP contribution in [0.15, 0.2) is 43.0 Å². The lowest BCUT2D eigenvalue weighted by Crippen LogP contribution is -2.28. The van der Waals surface area contributed by atoms with Crippen LogP contribution in [0.5, 0.6) is 0 Å². The van der Waals surface area contributed by atoms with Crippen molar-refractivity contribution in [3.63, 3.8) is 0 Å². The van der Waals surface area contributed by atoms with Gasteiger partial charge < -0.3 is 5.11 Å². The zero-order valence-electron chi connectivity index (χ0n) is 9.26. The second kappa shape index (κ2) is 6.38. The van der Waals surface area contributed by atoms with E-state index in [1.807, 2.05) is 43.5 Å². The molecule has 0 aliphatic rings. The van der Waals surface area contributed by atoms with E-state index in [-0.39, 0.29) is 12.6 Å². The van der Waals surface area contributed by atoms with Crippen LogP contribution in [0.3, 0.4) is 0 Å². The van der Waals surface area contributed by atoms with Gasteiger partial charge in [0.1, 0.15) is 0 Å². The van der Waals surface area contributed by atoms with Crippen LogP contribution < -0.4 is 0 Å². The number of rotatable bonds is 6. The lowest BCUT2D eigenvalue weighted by Gasteiger charge is -2.26. The molecule has 1 atom stereocenters. The molecule has 0 radical (unpaired) electrons. The first-order valence-electron chi connectivity index (χ1n) is 5.26. The minimum absolute atomic E-state index is 0.0890. The molecule has 0 saturated heterocycles. The zero-order chi connectivity index (χ0) is 11.1. The van der Waals surface area contributed by atoms with Gasteiger partial charge in [-0.2, -0.15) is 0 Å². The first-order valence-corrected chi connectivity index (χ1v) is 5.26. The molecule has 1 N–H and O–H groups in total. The van der Waals surface area contributed by atoms with E-state index < -0.39 is 0 Å². The Labute approximate surface area is 91.9 Å². The van der Waals surface area contributed by atoms with E-state index in [0.29, 0.717) is 0 Å². The fraction of sp³-hybridized carbons (Fsp3) is 0.385. The summed E-state index contributed by atoms with van der Waals surface area (Å²) in [6, 6.07) is 10.2. The predicted molar refractivity (Wildman–Crippen MR) is 63.7 cm³/mol. The van der Waals surface area contributed by atoms with Gasteiger partial charge in [0.05, 0.1) is 12.6 Å². The molecule has 0 aliphatic heterocycles. The molecule has 1 aromatic rings. The summed E-state index contributed by atoms with van der Waals surface area (Å²) in [7, 11) is 2.03. The van der Waals surface area contributed by atoms with Crippen LogP contribution in [0.4, 0.5) is 0 Å². The largest absolute Gasteiger partial charge is 0.394 e. The minimum atomic E-state index is 0.0890. The summed E-state index contributed by atoms with van der Waals surface area (Å²) in [6.07, 6.45) is 2.84. The quantitative estimate of drug-likeness (QED) is 0.720. The van der Waals surface area contributed by atoms with E-state index in [1.165, 1.54) is 0 Å². The number of hydrogen-bond acceptors (Lipinski definition) is 2. The third-order valence-corrected chi connectivity index (χ3v) is 2.58. The zero-order valence-corrected chi connectivity index (χ0v) is 9.26. The van der Waals surface area contributed by atoms with Crippen molar-refractivity contribution in [2.24, 2.45) is 0 Å². The van der Waals surface area contributed by atoms with E-state index >= 15 is 0 Å². The fourth-order valence-corrected chi connectivity index (χ4v) is 1.63. The summed E-state index contributed by atoms with van der Waals surface area (Å²) in [4.78, 5) is 2.15. The number of benzene rings is 1. The highest BCUT2D eigenvalue weighted by Gasteiger charge is 2.14. The van der Waals surface area contributed by atoms with Gasteiger partial charge in [0.25, 0.3) is 0 Å². The highest BCUT2D eigenvalue weighted by atomic mass is 16.3. The Balaban J connectivity index is 2.66. The third kappa shape index (κ3) is 3.50. The van der Waals surface area contributed by atoms with E-state index in [2.05, 4.69) is 11.5 Å². The van der Waals surface area contributed by atoms with Gasteiger partial charge in [-0.05, 0) is 19.0 Å². The van der Waals surface area contributed by atoms with Gasteiger partial charge in [0.2, 0.25) is 0 Å². The van der Waals surface area contributed by atoms with Crippen molar-refractivity contribution in [2.45, 2.75) is 12.5 Å². The molecule has 0 fully saturated rings. The molecule has 82 valence electrons. The summed E-state index contributed by atoms with van der Waals surface area (Å²) >= 11 is 0. The Kier molecular flexibility index (Phi) is 5.08. The molecule has 15 heavy (non-hydrogen) atoms. The highest BCUT2D eigenvalue weighted by Crippen LogP contribution is 2.18. The van der Waals surface area contributed by atoms with E-state index in [1.54, 1.807) is 0 Å². The summed E-state index contributed by atoms with van der Waals surface area (Å²) in [5, 5.41) is 9.38. The van der Waals surface area contributed by atoms with E-state index in [9.17, 15) is 5.11 Å². The van der Waals surface area contributed by atoms with E-state index in [4.69, 9.17) is 0 Å². The summed E-state index contributed by atoms with van der Waals surface area (Å²) in [5.74, 6) is 0. The second-order valence-corrected chi connectivity index (χ2v) is 3.67. The monoisotopic (exact) mass is 205 g/mol. The lowest BCUT2D eigenvalue weighted by atomic mass is 10.1. The maximum absolute atomic E-state index is 9.38. The van der Waals surface area contributed by atoms with Crippen LogP contribution >= 0.6 is 0 Å². The van der Waals surface area contributed by atoms with Crippen LogP contribution in [0.2, 0.25) is 0 Å². The molecule has 1 aromatic carbocycles. The summed E-state index contributed by atoms with van der Waals surface area (Å²) in [5.41, 5.74) is 1.16. The normalized spacial score (nSPS) is 12.7. The first kappa shape index (κ1) is 12.0. The molecule has 0 saturated carbocycles. The van der Waals surface area contributed by atoms with Crippen LogP contribution in [-0.4, -0.2) is 30.2 Å². The molecule has 2 heteroatoms. The average molecular weight is 205 g/mol. The van der Waals surface area contributed by atoms with Crippen LogP contribution in [-0.2, 0) is 0 Å². The minimum Gasteiger partial charge on any atom is -0.394 e. The van der Waals surface area contributed by atoms with Crippen LogP contribution in [0.25, 0.3) is 0 Å². The van der Waals surface area contributed by atoms with Gasteiger partial charge in [-0.15, -0.1) is 6.58 Å². The number of aliphatic hydroxyl groups is 1. The molecule has 0 bridgehead atoms.